The minimum Gasteiger partial charge on any atom is -0.299 e. The van der Waals surface area contributed by atoms with Gasteiger partial charge in [0.1, 0.15) is 5.78 Å². The van der Waals surface area contributed by atoms with Crippen LogP contribution in [0.1, 0.15) is 51.4 Å². The van der Waals surface area contributed by atoms with Gasteiger partial charge in [-0.1, -0.05) is 19.3 Å². The number of carbonyl (C=O) groups is 1. The first-order valence-electron chi connectivity index (χ1n) is 6.39. The molecule has 78 valence electrons. The van der Waals surface area contributed by atoms with Crippen LogP contribution in [0, 0.1) is 23.7 Å². The fourth-order valence-electron chi connectivity index (χ4n) is 4.40. The maximum atomic E-state index is 11.9. The zero-order valence-corrected chi connectivity index (χ0v) is 8.87. The van der Waals surface area contributed by atoms with Gasteiger partial charge in [0, 0.05) is 12.3 Å². The van der Waals surface area contributed by atoms with Gasteiger partial charge in [-0.25, -0.2) is 0 Å². The lowest BCUT2D eigenvalue weighted by atomic mass is 9.79. The molecule has 3 rings (SSSR count). The van der Waals surface area contributed by atoms with Crippen LogP contribution in [-0.2, 0) is 4.79 Å². The molecule has 3 fully saturated rings. The minimum absolute atomic E-state index is 0.489. The molecule has 4 atom stereocenters. The van der Waals surface area contributed by atoms with Crippen molar-refractivity contribution in [3.8, 4) is 0 Å². The van der Waals surface area contributed by atoms with Crippen molar-refractivity contribution >= 4 is 5.78 Å². The zero-order valence-electron chi connectivity index (χ0n) is 8.87. The van der Waals surface area contributed by atoms with Crippen LogP contribution in [0.25, 0.3) is 0 Å². The summed E-state index contributed by atoms with van der Waals surface area (Å²) in [6.45, 7) is 0. The van der Waals surface area contributed by atoms with E-state index in [9.17, 15) is 4.79 Å². The van der Waals surface area contributed by atoms with Crippen LogP contribution in [0.2, 0.25) is 0 Å². The second-order valence-corrected chi connectivity index (χ2v) is 5.56. The first-order chi connectivity index (χ1) is 6.86. The highest BCUT2D eigenvalue weighted by Gasteiger charge is 2.44. The topological polar surface area (TPSA) is 17.1 Å². The van der Waals surface area contributed by atoms with E-state index in [1.807, 2.05) is 0 Å². The maximum absolute atomic E-state index is 11.9. The molecule has 1 nitrogen and oxygen atoms in total. The van der Waals surface area contributed by atoms with Crippen molar-refractivity contribution in [1.29, 1.82) is 0 Å². The summed E-state index contributed by atoms with van der Waals surface area (Å²) in [6.07, 6.45) is 10.3. The van der Waals surface area contributed by atoms with Crippen molar-refractivity contribution in [2.24, 2.45) is 23.7 Å². The molecular formula is C13H20O. The average Bonchev–Trinajstić information content (AvgIpc) is 2.80. The van der Waals surface area contributed by atoms with Gasteiger partial charge < -0.3 is 0 Å². The molecule has 3 aliphatic rings. The van der Waals surface area contributed by atoms with E-state index in [1.165, 1.54) is 44.9 Å². The molecule has 0 aromatic carbocycles. The summed E-state index contributed by atoms with van der Waals surface area (Å²) in [4.78, 5) is 11.9. The number of carbonyl (C=O) groups excluding carboxylic acids is 1. The monoisotopic (exact) mass is 192 g/mol. The molecule has 0 amide bonds. The molecule has 1 heteroatoms. The van der Waals surface area contributed by atoms with E-state index in [4.69, 9.17) is 0 Å². The lowest BCUT2D eigenvalue weighted by molar-refractivity contribution is -0.123. The SMILES string of the molecule is O=C1CCC2CCCC2C2CCCC12. The highest BCUT2D eigenvalue weighted by molar-refractivity contribution is 5.81. The maximum Gasteiger partial charge on any atom is 0.136 e. The number of rotatable bonds is 0. The second-order valence-electron chi connectivity index (χ2n) is 5.56. The fourth-order valence-corrected chi connectivity index (χ4v) is 4.40. The van der Waals surface area contributed by atoms with Crippen molar-refractivity contribution in [3.05, 3.63) is 0 Å². The van der Waals surface area contributed by atoms with Gasteiger partial charge >= 0.3 is 0 Å². The summed E-state index contributed by atoms with van der Waals surface area (Å²) in [5, 5.41) is 0. The van der Waals surface area contributed by atoms with E-state index in [-0.39, 0.29) is 0 Å². The smallest absolute Gasteiger partial charge is 0.136 e. The summed E-state index contributed by atoms with van der Waals surface area (Å²) < 4.78 is 0. The molecule has 0 heterocycles. The third-order valence-corrected chi connectivity index (χ3v) is 5.01. The van der Waals surface area contributed by atoms with Crippen LogP contribution < -0.4 is 0 Å². The van der Waals surface area contributed by atoms with E-state index in [1.54, 1.807) is 0 Å². The predicted octanol–water partition coefficient (Wildman–Crippen LogP) is 3.18. The number of hydrogen-bond donors (Lipinski definition) is 0. The van der Waals surface area contributed by atoms with Crippen molar-refractivity contribution < 1.29 is 4.79 Å². The second kappa shape index (κ2) is 3.36. The molecule has 3 aliphatic carbocycles. The molecule has 4 unspecified atom stereocenters. The first kappa shape index (κ1) is 8.94. The van der Waals surface area contributed by atoms with Crippen molar-refractivity contribution in [3.63, 3.8) is 0 Å². The molecule has 0 aliphatic heterocycles. The van der Waals surface area contributed by atoms with Gasteiger partial charge in [0.25, 0.3) is 0 Å². The van der Waals surface area contributed by atoms with Crippen LogP contribution in [0.5, 0.6) is 0 Å². The van der Waals surface area contributed by atoms with E-state index < -0.39 is 0 Å². The van der Waals surface area contributed by atoms with E-state index in [2.05, 4.69) is 0 Å². The van der Waals surface area contributed by atoms with Crippen LogP contribution in [0.15, 0.2) is 0 Å². The summed E-state index contributed by atoms with van der Waals surface area (Å²) in [6, 6.07) is 0. The van der Waals surface area contributed by atoms with Gasteiger partial charge in [-0.3, -0.25) is 4.79 Å². The summed E-state index contributed by atoms with van der Waals surface area (Å²) in [5.74, 6) is 3.77. The van der Waals surface area contributed by atoms with Crippen LogP contribution in [-0.4, -0.2) is 5.78 Å². The van der Waals surface area contributed by atoms with Gasteiger partial charge in [-0.2, -0.15) is 0 Å². The van der Waals surface area contributed by atoms with Crippen molar-refractivity contribution in [2.45, 2.75) is 51.4 Å². The summed E-state index contributed by atoms with van der Waals surface area (Å²) in [7, 11) is 0. The lowest BCUT2D eigenvalue weighted by Crippen LogP contribution is -2.22. The molecule has 0 bridgehead atoms. The zero-order chi connectivity index (χ0) is 9.54. The van der Waals surface area contributed by atoms with Crippen molar-refractivity contribution in [2.75, 3.05) is 0 Å². The Kier molecular flexibility index (Phi) is 2.14. The Hall–Kier alpha value is -0.330. The summed E-state index contributed by atoms with van der Waals surface area (Å²) in [5.41, 5.74) is 0. The molecule has 0 aromatic heterocycles. The Morgan fingerprint density at radius 1 is 0.857 bits per heavy atom. The lowest BCUT2D eigenvalue weighted by Gasteiger charge is -2.25. The minimum atomic E-state index is 0.489. The number of ketones is 1. The summed E-state index contributed by atoms with van der Waals surface area (Å²) >= 11 is 0. The molecule has 0 spiro atoms. The normalized spacial score (nSPS) is 47.3. The molecule has 0 saturated heterocycles. The molecule has 0 N–H and O–H groups in total. The van der Waals surface area contributed by atoms with E-state index in [0.717, 1.165) is 24.2 Å². The Balaban J connectivity index is 1.87. The van der Waals surface area contributed by atoms with Gasteiger partial charge in [-0.15, -0.1) is 0 Å². The average molecular weight is 192 g/mol. The Labute approximate surface area is 86.3 Å². The number of Topliss-reactive ketones (excluding diaryl/α,β-unsaturated/α-hetero) is 1. The highest BCUT2D eigenvalue weighted by atomic mass is 16.1. The van der Waals surface area contributed by atoms with Crippen molar-refractivity contribution in [1.82, 2.24) is 0 Å². The van der Waals surface area contributed by atoms with Gasteiger partial charge in [0.05, 0.1) is 0 Å². The Morgan fingerprint density at radius 2 is 1.64 bits per heavy atom. The molecule has 0 radical (unpaired) electrons. The molecule has 14 heavy (non-hydrogen) atoms. The van der Waals surface area contributed by atoms with E-state index >= 15 is 0 Å². The molecular weight excluding hydrogens is 172 g/mol. The largest absolute Gasteiger partial charge is 0.299 e. The number of hydrogen-bond acceptors (Lipinski definition) is 1. The highest BCUT2D eigenvalue weighted by Crippen LogP contribution is 2.50. The number of fused-ring (bicyclic) bond motifs is 3. The van der Waals surface area contributed by atoms with Gasteiger partial charge in [0.15, 0.2) is 0 Å². The first-order valence-corrected chi connectivity index (χ1v) is 6.39. The molecule has 0 aromatic rings. The van der Waals surface area contributed by atoms with Crippen LogP contribution in [0.4, 0.5) is 0 Å². The fraction of sp³-hybridized carbons (Fsp3) is 0.923. The van der Waals surface area contributed by atoms with Crippen LogP contribution in [0.3, 0.4) is 0 Å². The molecule has 3 saturated carbocycles. The predicted molar refractivity (Wildman–Crippen MR) is 55.9 cm³/mol. The third kappa shape index (κ3) is 1.24. The van der Waals surface area contributed by atoms with Gasteiger partial charge in [0.2, 0.25) is 0 Å². The van der Waals surface area contributed by atoms with Crippen LogP contribution >= 0.6 is 0 Å². The van der Waals surface area contributed by atoms with Gasteiger partial charge in [-0.05, 0) is 43.4 Å². The van der Waals surface area contributed by atoms with E-state index in [0.29, 0.717) is 11.7 Å². The Bertz CT molecular complexity index is 246. The quantitative estimate of drug-likeness (QED) is 0.576. The standard InChI is InChI=1S/C13H20O/c14-13-8-7-9-3-1-4-10(9)11-5-2-6-12(11)13/h9-12H,1-8H2. The third-order valence-electron chi connectivity index (χ3n) is 5.01. The Morgan fingerprint density at radius 3 is 2.57 bits per heavy atom.